The van der Waals surface area contributed by atoms with Crippen molar-refractivity contribution in [3.05, 3.63) is 45.0 Å². The number of furan rings is 1. The van der Waals surface area contributed by atoms with E-state index in [4.69, 9.17) is 4.42 Å². The number of rotatable bonds is 2. The second kappa shape index (κ2) is 4.77. The Bertz CT molecular complexity index is 634. The Labute approximate surface area is 122 Å². The van der Waals surface area contributed by atoms with Gasteiger partial charge in [0.25, 0.3) is 5.91 Å². The van der Waals surface area contributed by atoms with Gasteiger partial charge in [-0.25, -0.2) is 0 Å². The van der Waals surface area contributed by atoms with Crippen LogP contribution in [0.25, 0.3) is 0 Å². The third-order valence-corrected chi connectivity index (χ3v) is 5.56. The molecule has 0 aromatic carbocycles. The Kier molecular flexibility index (Phi) is 2.91. The molecule has 20 heavy (non-hydrogen) atoms. The molecule has 0 fully saturated rings. The maximum Gasteiger partial charge on any atom is 0.261 e. The minimum atomic E-state index is 0.0726. The molecule has 1 amide bonds. The predicted molar refractivity (Wildman–Crippen MR) is 78.2 cm³/mol. The highest BCUT2D eigenvalue weighted by molar-refractivity contribution is 7.14. The largest absolute Gasteiger partial charge is 0.469 e. The lowest BCUT2D eigenvalue weighted by molar-refractivity contribution is 0.0936. The van der Waals surface area contributed by atoms with Crippen LogP contribution in [0.15, 0.2) is 22.8 Å². The monoisotopic (exact) mass is 287 g/mol. The molecular weight excluding hydrogens is 270 g/mol. The number of fused-ring (bicyclic) bond motifs is 2. The second-order valence-corrected chi connectivity index (χ2v) is 6.77. The highest BCUT2D eigenvalue weighted by atomic mass is 32.1. The maximum absolute atomic E-state index is 12.4. The SMILES string of the molecule is O=C(NC1CCCc2occc21)c1cc2c(s1)CCC2. The second-order valence-electron chi connectivity index (χ2n) is 5.63. The van der Waals surface area contributed by atoms with Crippen molar-refractivity contribution < 1.29 is 9.21 Å². The molecule has 4 rings (SSSR count). The zero-order valence-electron chi connectivity index (χ0n) is 11.3. The summed E-state index contributed by atoms with van der Waals surface area (Å²) in [6, 6.07) is 4.19. The molecule has 2 aliphatic carbocycles. The summed E-state index contributed by atoms with van der Waals surface area (Å²) >= 11 is 1.67. The molecule has 4 heteroatoms. The van der Waals surface area contributed by atoms with Gasteiger partial charge in [-0.1, -0.05) is 0 Å². The van der Waals surface area contributed by atoms with Gasteiger partial charge in [0.05, 0.1) is 17.2 Å². The summed E-state index contributed by atoms with van der Waals surface area (Å²) in [6.07, 6.45) is 8.31. The first-order valence-corrected chi connectivity index (χ1v) is 8.11. The number of carbonyl (C=O) groups is 1. The van der Waals surface area contributed by atoms with Crippen LogP contribution >= 0.6 is 11.3 Å². The molecule has 3 nitrogen and oxygen atoms in total. The molecule has 2 aliphatic rings. The van der Waals surface area contributed by atoms with Gasteiger partial charge < -0.3 is 9.73 Å². The number of amides is 1. The van der Waals surface area contributed by atoms with Gasteiger partial charge in [-0.05, 0) is 49.8 Å². The fourth-order valence-electron chi connectivity index (χ4n) is 3.31. The molecule has 0 radical (unpaired) electrons. The summed E-state index contributed by atoms with van der Waals surface area (Å²) < 4.78 is 5.47. The molecule has 0 saturated carbocycles. The number of hydrogen-bond acceptors (Lipinski definition) is 3. The topological polar surface area (TPSA) is 42.2 Å². The summed E-state index contributed by atoms with van der Waals surface area (Å²) in [4.78, 5) is 14.7. The number of nitrogens with one attached hydrogen (secondary N) is 1. The third-order valence-electron chi connectivity index (χ3n) is 4.33. The lowest BCUT2D eigenvalue weighted by Crippen LogP contribution is -2.29. The fourth-order valence-corrected chi connectivity index (χ4v) is 4.46. The van der Waals surface area contributed by atoms with Crippen molar-refractivity contribution in [2.75, 3.05) is 0 Å². The van der Waals surface area contributed by atoms with Crippen molar-refractivity contribution in [2.24, 2.45) is 0 Å². The fraction of sp³-hybridized carbons (Fsp3) is 0.438. The molecule has 2 aromatic rings. The third kappa shape index (κ3) is 1.99. The molecule has 2 heterocycles. The van der Waals surface area contributed by atoms with Gasteiger partial charge in [0, 0.05) is 16.9 Å². The van der Waals surface area contributed by atoms with E-state index in [-0.39, 0.29) is 11.9 Å². The lowest BCUT2D eigenvalue weighted by atomic mass is 9.93. The van der Waals surface area contributed by atoms with Crippen LogP contribution in [0.2, 0.25) is 0 Å². The van der Waals surface area contributed by atoms with Crippen molar-refractivity contribution in [1.29, 1.82) is 0 Å². The lowest BCUT2D eigenvalue weighted by Gasteiger charge is -2.22. The smallest absolute Gasteiger partial charge is 0.261 e. The Hall–Kier alpha value is -1.55. The van der Waals surface area contributed by atoms with Gasteiger partial charge in [-0.2, -0.15) is 0 Å². The average Bonchev–Trinajstić information content (AvgIpc) is 3.13. The van der Waals surface area contributed by atoms with Gasteiger partial charge in [0.1, 0.15) is 5.76 Å². The minimum absolute atomic E-state index is 0.0726. The summed E-state index contributed by atoms with van der Waals surface area (Å²) in [5.41, 5.74) is 2.54. The van der Waals surface area contributed by atoms with E-state index in [2.05, 4.69) is 11.4 Å². The normalized spacial score (nSPS) is 20.5. The van der Waals surface area contributed by atoms with Crippen molar-refractivity contribution in [3.63, 3.8) is 0 Å². The highest BCUT2D eigenvalue weighted by Gasteiger charge is 2.26. The first-order chi connectivity index (χ1) is 9.81. The Morgan fingerprint density at radius 2 is 2.25 bits per heavy atom. The molecule has 1 atom stereocenters. The first kappa shape index (κ1) is 12.2. The number of thiophene rings is 1. The summed E-state index contributed by atoms with van der Waals surface area (Å²) in [6.45, 7) is 0. The Balaban J connectivity index is 1.53. The molecule has 1 unspecified atom stereocenters. The van der Waals surface area contributed by atoms with Crippen molar-refractivity contribution >= 4 is 17.2 Å². The average molecular weight is 287 g/mol. The maximum atomic E-state index is 12.4. The van der Waals surface area contributed by atoms with E-state index >= 15 is 0 Å². The molecule has 0 bridgehead atoms. The number of carbonyl (C=O) groups excluding carboxylic acids is 1. The van der Waals surface area contributed by atoms with E-state index in [0.29, 0.717) is 0 Å². The molecule has 104 valence electrons. The van der Waals surface area contributed by atoms with Gasteiger partial charge in [0.2, 0.25) is 0 Å². The number of aryl methyl sites for hydroxylation is 3. The van der Waals surface area contributed by atoms with E-state index < -0.39 is 0 Å². The zero-order valence-corrected chi connectivity index (χ0v) is 12.1. The molecule has 0 spiro atoms. The molecule has 1 N–H and O–H groups in total. The Morgan fingerprint density at radius 3 is 3.15 bits per heavy atom. The van der Waals surface area contributed by atoms with Crippen LogP contribution in [-0.4, -0.2) is 5.91 Å². The summed E-state index contributed by atoms with van der Waals surface area (Å²) in [5, 5.41) is 3.18. The standard InChI is InChI=1S/C16H17NO2S/c18-16(15-9-10-3-1-6-14(10)20-15)17-12-4-2-5-13-11(12)7-8-19-13/h7-9,12H,1-6H2,(H,17,18). The molecule has 2 aromatic heterocycles. The van der Waals surface area contributed by atoms with E-state index in [0.717, 1.165) is 48.3 Å². The van der Waals surface area contributed by atoms with Crippen molar-refractivity contribution in [1.82, 2.24) is 5.32 Å². The van der Waals surface area contributed by atoms with Gasteiger partial charge in [0.15, 0.2) is 0 Å². The highest BCUT2D eigenvalue weighted by Crippen LogP contribution is 2.33. The van der Waals surface area contributed by atoms with Crippen LogP contribution in [0.3, 0.4) is 0 Å². The Morgan fingerprint density at radius 1 is 1.30 bits per heavy atom. The predicted octanol–water partition coefficient (Wildman–Crippen LogP) is 3.64. The van der Waals surface area contributed by atoms with Crippen LogP contribution in [-0.2, 0) is 19.3 Å². The van der Waals surface area contributed by atoms with Gasteiger partial charge in [-0.3, -0.25) is 4.79 Å². The van der Waals surface area contributed by atoms with E-state index in [9.17, 15) is 4.79 Å². The van der Waals surface area contributed by atoms with Crippen LogP contribution < -0.4 is 5.32 Å². The van der Waals surface area contributed by atoms with E-state index in [1.807, 2.05) is 6.07 Å². The van der Waals surface area contributed by atoms with Crippen molar-refractivity contribution in [2.45, 2.75) is 44.6 Å². The first-order valence-electron chi connectivity index (χ1n) is 7.30. The minimum Gasteiger partial charge on any atom is -0.469 e. The van der Waals surface area contributed by atoms with Gasteiger partial charge >= 0.3 is 0 Å². The van der Waals surface area contributed by atoms with Gasteiger partial charge in [-0.15, -0.1) is 11.3 Å². The van der Waals surface area contributed by atoms with E-state index in [1.54, 1.807) is 17.6 Å². The van der Waals surface area contributed by atoms with Crippen LogP contribution in [0, 0.1) is 0 Å². The van der Waals surface area contributed by atoms with Crippen LogP contribution in [0.4, 0.5) is 0 Å². The molecule has 0 aliphatic heterocycles. The van der Waals surface area contributed by atoms with Crippen LogP contribution in [0.5, 0.6) is 0 Å². The zero-order chi connectivity index (χ0) is 13.5. The number of hydrogen-bond donors (Lipinski definition) is 1. The summed E-state index contributed by atoms with van der Waals surface area (Å²) in [7, 11) is 0. The van der Waals surface area contributed by atoms with E-state index in [1.165, 1.54) is 16.9 Å². The quantitative estimate of drug-likeness (QED) is 0.916. The molecular formula is C16H17NO2S. The summed E-state index contributed by atoms with van der Waals surface area (Å²) in [5.74, 6) is 1.11. The van der Waals surface area contributed by atoms with Crippen molar-refractivity contribution in [3.8, 4) is 0 Å². The van der Waals surface area contributed by atoms with Crippen LogP contribution in [0.1, 0.15) is 56.7 Å². The molecule has 0 saturated heterocycles.